The van der Waals surface area contributed by atoms with Crippen LogP contribution in [0.5, 0.6) is 0 Å². The molecule has 3 nitrogen and oxygen atoms in total. The molecule has 1 aromatic rings. The van der Waals surface area contributed by atoms with E-state index in [4.69, 9.17) is 5.26 Å². The zero-order valence-corrected chi connectivity index (χ0v) is 11.3. The van der Waals surface area contributed by atoms with Gasteiger partial charge in [-0.15, -0.1) is 0 Å². The summed E-state index contributed by atoms with van der Waals surface area (Å²) in [5, 5.41) is 8.62. The van der Waals surface area contributed by atoms with Gasteiger partial charge < -0.3 is 4.90 Å². The molecule has 0 saturated heterocycles. The number of carbonyl (C=O) groups is 1. The lowest BCUT2D eigenvalue weighted by molar-refractivity contribution is -0.131. The Morgan fingerprint density at radius 1 is 1.50 bits per heavy atom. The maximum Gasteiger partial charge on any atom is 0.222 e. The van der Waals surface area contributed by atoms with Crippen molar-refractivity contribution in [2.75, 3.05) is 7.05 Å². The molecular weight excluding hydrogens is 224 g/mol. The van der Waals surface area contributed by atoms with Gasteiger partial charge in [-0.2, -0.15) is 5.26 Å². The highest BCUT2D eigenvalue weighted by Crippen LogP contribution is 2.09. The van der Waals surface area contributed by atoms with Gasteiger partial charge in [0.2, 0.25) is 5.91 Å². The van der Waals surface area contributed by atoms with Gasteiger partial charge in [-0.25, -0.2) is 0 Å². The summed E-state index contributed by atoms with van der Waals surface area (Å²) in [5.41, 5.74) is 2.40. The van der Waals surface area contributed by atoms with Crippen LogP contribution in [0.3, 0.4) is 0 Å². The Balaban J connectivity index is 2.49. The average molecular weight is 244 g/mol. The molecule has 1 aromatic carbocycles. The third-order valence-electron chi connectivity index (χ3n) is 3.15. The third kappa shape index (κ3) is 4.21. The molecule has 0 N–H and O–H groups in total. The molecule has 0 fully saturated rings. The first-order chi connectivity index (χ1) is 8.54. The number of hydrogen-bond acceptors (Lipinski definition) is 2. The van der Waals surface area contributed by atoms with Crippen molar-refractivity contribution in [2.24, 2.45) is 0 Å². The van der Waals surface area contributed by atoms with Gasteiger partial charge in [-0.1, -0.05) is 29.8 Å². The monoisotopic (exact) mass is 244 g/mol. The van der Waals surface area contributed by atoms with E-state index in [2.05, 4.69) is 12.1 Å². The molecule has 0 aliphatic rings. The van der Waals surface area contributed by atoms with E-state index in [0.717, 1.165) is 6.42 Å². The molecular formula is C15H20N2O. The van der Waals surface area contributed by atoms with Crippen LogP contribution in [0.25, 0.3) is 0 Å². The van der Waals surface area contributed by atoms with Crippen molar-refractivity contribution in [1.82, 2.24) is 4.90 Å². The van der Waals surface area contributed by atoms with Gasteiger partial charge in [0.25, 0.3) is 0 Å². The number of carbonyl (C=O) groups excluding carboxylic acids is 1. The fourth-order valence-electron chi connectivity index (χ4n) is 1.81. The Morgan fingerprint density at radius 3 is 2.83 bits per heavy atom. The molecule has 3 heteroatoms. The number of benzene rings is 1. The van der Waals surface area contributed by atoms with Crippen molar-refractivity contribution >= 4 is 5.91 Å². The van der Waals surface area contributed by atoms with Crippen LogP contribution in [-0.4, -0.2) is 23.9 Å². The molecule has 0 aliphatic heterocycles. The zero-order valence-electron chi connectivity index (χ0n) is 11.3. The van der Waals surface area contributed by atoms with Gasteiger partial charge in [0.05, 0.1) is 12.5 Å². The van der Waals surface area contributed by atoms with Crippen LogP contribution in [0.15, 0.2) is 24.3 Å². The normalized spacial score (nSPS) is 11.7. The Bertz CT molecular complexity index is 448. The van der Waals surface area contributed by atoms with Crippen LogP contribution in [0.4, 0.5) is 0 Å². The van der Waals surface area contributed by atoms with E-state index in [9.17, 15) is 4.79 Å². The second kappa shape index (κ2) is 6.80. The summed E-state index contributed by atoms with van der Waals surface area (Å²) in [4.78, 5) is 13.6. The van der Waals surface area contributed by atoms with Crippen LogP contribution >= 0.6 is 0 Å². The van der Waals surface area contributed by atoms with E-state index in [0.29, 0.717) is 12.8 Å². The van der Waals surface area contributed by atoms with Gasteiger partial charge in [0.15, 0.2) is 0 Å². The van der Waals surface area contributed by atoms with Crippen molar-refractivity contribution < 1.29 is 4.79 Å². The van der Waals surface area contributed by atoms with Crippen LogP contribution in [0.1, 0.15) is 30.9 Å². The summed E-state index contributed by atoms with van der Waals surface area (Å²) in [6.07, 6.45) is 1.63. The summed E-state index contributed by atoms with van der Waals surface area (Å²) < 4.78 is 0. The number of nitriles is 1. The highest BCUT2D eigenvalue weighted by molar-refractivity contribution is 5.76. The molecule has 1 rings (SSSR count). The van der Waals surface area contributed by atoms with Crippen molar-refractivity contribution in [3.63, 3.8) is 0 Å². The minimum absolute atomic E-state index is 0.0139. The Hall–Kier alpha value is -1.82. The summed E-state index contributed by atoms with van der Waals surface area (Å²) >= 11 is 0. The van der Waals surface area contributed by atoms with Crippen LogP contribution in [0.2, 0.25) is 0 Å². The van der Waals surface area contributed by atoms with Crippen molar-refractivity contribution in [3.05, 3.63) is 35.4 Å². The number of amides is 1. The molecule has 0 radical (unpaired) electrons. The molecule has 0 spiro atoms. The fourth-order valence-corrected chi connectivity index (χ4v) is 1.81. The molecule has 1 atom stereocenters. The first kappa shape index (κ1) is 14.2. The summed E-state index contributed by atoms with van der Waals surface area (Å²) in [6, 6.07) is 10.3. The number of hydrogen-bond donors (Lipinski definition) is 0. The molecule has 0 saturated carbocycles. The number of nitrogens with zero attached hydrogens (tertiary/aromatic N) is 2. The standard InChI is InChI=1S/C15H20N2O/c1-12-5-4-6-14(11-12)7-8-15(18)17(3)13(2)9-10-16/h4-6,11,13H,7-9H2,1-3H3. The lowest BCUT2D eigenvalue weighted by atomic mass is 10.1. The summed E-state index contributed by atoms with van der Waals surface area (Å²) in [6.45, 7) is 3.94. The molecule has 0 bridgehead atoms. The molecule has 0 heterocycles. The van der Waals surface area contributed by atoms with E-state index in [-0.39, 0.29) is 11.9 Å². The second-order valence-corrected chi connectivity index (χ2v) is 4.70. The third-order valence-corrected chi connectivity index (χ3v) is 3.15. The van der Waals surface area contributed by atoms with E-state index in [1.165, 1.54) is 11.1 Å². The molecule has 1 amide bonds. The second-order valence-electron chi connectivity index (χ2n) is 4.70. The van der Waals surface area contributed by atoms with E-state index in [1.807, 2.05) is 32.0 Å². The maximum atomic E-state index is 11.9. The van der Waals surface area contributed by atoms with Crippen molar-refractivity contribution in [1.29, 1.82) is 5.26 Å². The van der Waals surface area contributed by atoms with E-state index >= 15 is 0 Å². The highest BCUT2D eigenvalue weighted by Gasteiger charge is 2.14. The first-order valence-corrected chi connectivity index (χ1v) is 6.22. The summed E-state index contributed by atoms with van der Waals surface area (Å²) in [5.74, 6) is 0.0965. The fraction of sp³-hybridized carbons (Fsp3) is 0.467. The number of aryl methyl sites for hydroxylation is 2. The zero-order chi connectivity index (χ0) is 13.5. The molecule has 0 aliphatic carbocycles. The lowest BCUT2D eigenvalue weighted by Gasteiger charge is -2.22. The summed E-state index contributed by atoms with van der Waals surface area (Å²) in [7, 11) is 1.76. The minimum atomic E-state index is -0.0139. The molecule has 18 heavy (non-hydrogen) atoms. The first-order valence-electron chi connectivity index (χ1n) is 6.22. The predicted molar refractivity (Wildman–Crippen MR) is 72.0 cm³/mol. The Labute approximate surface area is 109 Å². The predicted octanol–water partition coefficient (Wildman–Crippen LogP) is 2.69. The number of rotatable bonds is 5. The van der Waals surface area contributed by atoms with Gasteiger partial charge in [-0.05, 0) is 25.8 Å². The van der Waals surface area contributed by atoms with Crippen LogP contribution in [-0.2, 0) is 11.2 Å². The van der Waals surface area contributed by atoms with Gasteiger partial charge in [0, 0.05) is 19.5 Å². The van der Waals surface area contributed by atoms with Crippen molar-refractivity contribution in [3.8, 4) is 6.07 Å². The smallest absolute Gasteiger partial charge is 0.222 e. The maximum absolute atomic E-state index is 11.9. The van der Waals surface area contributed by atoms with Gasteiger partial charge in [-0.3, -0.25) is 4.79 Å². The Kier molecular flexibility index (Phi) is 5.38. The van der Waals surface area contributed by atoms with E-state index in [1.54, 1.807) is 11.9 Å². The lowest BCUT2D eigenvalue weighted by Crippen LogP contribution is -2.34. The van der Waals surface area contributed by atoms with Crippen molar-refractivity contribution in [2.45, 2.75) is 39.2 Å². The van der Waals surface area contributed by atoms with Gasteiger partial charge in [0.1, 0.15) is 0 Å². The van der Waals surface area contributed by atoms with Crippen LogP contribution in [0, 0.1) is 18.3 Å². The Morgan fingerprint density at radius 2 is 2.22 bits per heavy atom. The minimum Gasteiger partial charge on any atom is -0.342 e. The molecule has 96 valence electrons. The van der Waals surface area contributed by atoms with Gasteiger partial charge >= 0.3 is 0 Å². The topological polar surface area (TPSA) is 44.1 Å². The van der Waals surface area contributed by atoms with E-state index < -0.39 is 0 Å². The average Bonchev–Trinajstić information content (AvgIpc) is 2.35. The quantitative estimate of drug-likeness (QED) is 0.799. The SMILES string of the molecule is Cc1cccc(CCC(=O)N(C)C(C)CC#N)c1. The van der Waals surface area contributed by atoms with Crippen LogP contribution < -0.4 is 0 Å². The molecule has 1 unspecified atom stereocenters. The molecule has 0 aromatic heterocycles. The highest BCUT2D eigenvalue weighted by atomic mass is 16.2. The largest absolute Gasteiger partial charge is 0.342 e.